The van der Waals surface area contributed by atoms with E-state index in [1.54, 1.807) is 48.8 Å². The maximum Gasteiger partial charge on any atom is 0.251 e. The number of hydrogen-bond donors (Lipinski definition) is 2. The lowest BCUT2D eigenvalue weighted by molar-refractivity contribution is 0.0939. The van der Waals surface area contributed by atoms with E-state index in [0.29, 0.717) is 11.5 Å². The van der Waals surface area contributed by atoms with Crippen molar-refractivity contribution in [3.63, 3.8) is 0 Å². The van der Waals surface area contributed by atoms with Gasteiger partial charge in [0.15, 0.2) is 11.5 Å². The third-order valence-electron chi connectivity index (χ3n) is 4.84. The summed E-state index contributed by atoms with van der Waals surface area (Å²) in [6.45, 7) is 2.06. The first-order valence-electron chi connectivity index (χ1n) is 9.61. The Hall–Kier alpha value is -3.43. The van der Waals surface area contributed by atoms with Crippen LogP contribution in [0.1, 0.15) is 34.5 Å². The van der Waals surface area contributed by atoms with Crippen molar-refractivity contribution >= 4 is 15.9 Å². The van der Waals surface area contributed by atoms with Crippen molar-refractivity contribution in [3.05, 3.63) is 83.7 Å². The lowest BCUT2D eigenvalue weighted by atomic mass is 10.1. The molecular weight excluding hydrogens is 418 g/mol. The lowest BCUT2D eigenvalue weighted by Gasteiger charge is -2.14. The summed E-state index contributed by atoms with van der Waals surface area (Å²) >= 11 is 0. The van der Waals surface area contributed by atoms with E-state index in [1.807, 2.05) is 13.0 Å². The number of nitrogens with one attached hydrogen (secondary N) is 2. The monoisotopic (exact) mass is 439 g/mol. The van der Waals surface area contributed by atoms with Gasteiger partial charge in [0.1, 0.15) is 0 Å². The van der Waals surface area contributed by atoms with Crippen LogP contribution < -0.4 is 19.5 Å². The zero-order valence-electron chi connectivity index (χ0n) is 16.7. The number of pyridine rings is 1. The van der Waals surface area contributed by atoms with Gasteiger partial charge >= 0.3 is 0 Å². The molecule has 31 heavy (non-hydrogen) atoms. The fourth-order valence-corrected chi connectivity index (χ4v) is 4.18. The van der Waals surface area contributed by atoms with Crippen molar-refractivity contribution < 1.29 is 22.7 Å². The highest BCUT2D eigenvalue weighted by molar-refractivity contribution is 7.89. The third kappa shape index (κ3) is 4.84. The Morgan fingerprint density at radius 2 is 1.94 bits per heavy atom. The van der Waals surface area contributed by atoms with E-state index in [-0.39, 0.29) is 35.7 Å². The minimum Gasteiger partial charge on any atom is -0.454 e. The van der Waals surface area contributed by atoms with Crippen LogP contribution in [0.4, 0.5) is 0 Å². The number of hydrogen-bond acceptors (Lipinski definition) is 6. The second kappa shape index (κ2) is 8.75. The number of rotatable bonds is 7. The largest absolute Gasteiger partial charge is 0.454 e. The van der Waals surface area contributed by atoms with Gasteiger partial charge in [0, 0.05) is 24.5 Å². The average Bonchev–Trinajstić information content (AvgIpc) is 3.26. The predicted molar refractivity (Wildman–Crippen MR) is 113 cm³/mol. The molecule has 1 unspecified atom stereocenters. The van der Waals surface area contributed by atoms with Gasteiger partial charge in [-0.1, -0.05) is 18.2 Å². The van der Waals surface area contributed by atoms with E-state index < -0.39 is 10.0 Å². The summed E-state index contributed by atoms with van der Waals surface area (Å²) in [7, 11) is -3.82. The number of carbonyl (C=O) groups excluding carboxylic acids is 1. The maximum atomic E-state index is 12.8. The number of fused-ring (bicyclic) bond motifs is 1. The van der Waals surface area contributed by atoms with E-state index in [4.69, 9.17) is 9.47 Å². The van der Waals surface area contributed by atoms with Gasteiger partial charge in [-0.3, -0.25) is 9.78 Å². The Labute approximate surface area is 180 Å². The molecule has 2 N–H and O–H groups in total. The molecule has 2 aromatic carbocycles. The van der Waals surface area contributed by atoms with E-state index in [1.165, 1.54) is 12.1 Å². The first-order chi connectivity index (χ1) is 14.9. The third-order valence-corrected chi connectivity index (χ3v) is 6.24. The van der Waals surface area contributed by atoms with Gasteiger partial charge in [-0.15, -0.1) is 0 Å². The fraction of sp³-hybridized carbons (Fsp3) is 0.182. The van der Waals surface area contributed by atoms with Crippen LogP contribution in [0.3, 0.4) is 0 Å². The van der Waals surface area contributed by atoms with Gasteiger partial charge in [-0.25, -0.2) is 13.1 Å². The molecule has 1 amide bonds. The van der Waals surface area contributed by atoms with Crippen molar-refractivity contribution in [2.75, 3.05) is 6.79 Å². The zero-order chi connectivity index (χ0) is 21.8. The first kappa shape index (κ1) is 20.8. The summed E-state index contributed by atoms with van der Waals surface area (Å²) in [6, 6.07) is 14.5. The molecule has 0 radical (unpaired) electrons. The van der Waals surface area contributed by atoms with Gasteiger partial charge in [0.25, 0.3) is 5.91 Å². The van der Waals surface area contributed by atoms with Crippen molar-refractivity contribution in [2.45, 2.75) is 24.4 Å². The molecule has 8 nitrogen and oxygen atoms in total. The van der Waals surface area contributed by atoms with Crippen LogP contribution in [0.2, 0.25) is 0 Å². The Kier molecular flexibility index (Phi) is 5.88. The Morgan fingerprint density at radius 1 is 1.10 bits per heavy atom. The smallest absolute Gasteiger partial charge is 0.251 e. The average molecular weight is 439 g/mol. The zero-order valence-corrected chi connectivity index (χ0v) is 17.6. The number of amides is 1. The summed E-state index contributed by atoms with van der Waals surface area (Å²) < 4.78 is 38.6. The number of aromatic nitrogens is 1. The highest BCUT2D eigenvalue weighted by Crippen LogP contribution is 2.32. The number of ether oxygens (including phenoxy) is 2. The summed E-state index contributed by atoms with van der Waals surface area (Å²) in [5.41, 5.74) is 1.83. The maximum absolute atomic E-state index is 12.8. The Morgan fingerprint density at radius 3 is 2.74 bits per heavy atom. The number of benzene rings is 2. The molecule has 3 aromatic rings. The van der Waals surface area contributed by atoms with E-state index in [2.05, 4.69) is 15.0 Å². The van der Waals surface area contributed by atoms with Crippen molar-refractivity contribution in [1.29, 1.82) is 0 Å². The molecule has 0 saturated heterocycles. The standard InChI is InChI=1S/C22H21N3O5S/c1-15(18-5-3-9-23-13-18)25-22(26)17-4-2-6-19(11-17)31(27,28)24-12-16-7-8-20-21(10-16)30-14-29-20/h2-11,13,15,24H,12,14H2,1H3,(H,25,26). The fourth-order valence-electron chi connectivity index (χ4n) is 3.11. The van der Waals surface area contributed by atoms with Gasteiger partial charge in [-0.2, -0.15) is 0 Å². The number of sulfonamides is 1. The van der Waals surface area contributed by atoms with Crippen LogP contribution in [-0.4, -0.2) is 26.1 Å². The quantitative estimate of drug-likeness (QED) is 0.586. The number of carbonyl (C=O) groups is 1. The summed E-state index contributed by atoms with van der Waals surface area (Å²) in [4.78, 5) is 16.7. The lowest BCUT2D eigenvalue weighted by Crippen LogP contribution is -2.27. The first-order valence-corrected chi connectivity index (χ1v) is 11.1. The minimum atomic E-state index is -3.82. The van der Waals surface area contributed by atoms with Crippen LogP contribution in [0.5, 0.6) is 11.5 Å². The second-order valence-corrected chi connectivity index (χ2v) is 8.79. The Balaban J connectivity index is 1.44. The van der Waals surface area contributed by atoms with Crippen LogP contribution >= 0.6 is 0 Å². The molecule has 9 heteroatoms. The molecule has 1 aromatic heterocycles. The van der Waals surface area contributed by atoms with Crippen LogP contribution in [-0.2, 0) is 16.6 Å². The van der Waals surface area contributed by atoms with Gasteiger partial charge in [-0.05, 0) is 54.4 Å². The van der Waals surface area contributed by atoms with E-state index in [0.717, 1.165) is 11.1 Å². The summed E-state index contributed by atoms with van der Waals surface area (Å²) in [5, 5.41) is 2.85. The highest BCUT2D eigenvalue weighted by Gasteiger charge is 2.19. The predicted octanol–water partition coefficient (Wildman–Crippen LogP) is 2.78. The molecule has 1 aliphatic rings. The minimum absolute atomic E-state index is 0.00919. The second-order valence-electron chi connectivity index (χ2n) is 7.02. The summed E-state index contributed by atoms with van der Waals surface area (Å²) in [6.07, 6.45) is 3.33. The number of nitrogens with zero attached hydrogens (tertiary/aromatic N) is 1. The van der Waals surface area contributed by atoms with E-state index >= 15 is 0 Å². The SMILES string of the molecule is CC(NC(=O)c1cccc(S(=O)(=O)NCc2ccc3c(c2)OCO3)c1)c1cccnc1. The normalized spacial score (nSPS) is 13.6. The molecule has 2 heterocycles. The van der Waals surface area contributed by atoms with Crippen LogP contribution in [0, 0.1) is 0 Å². The molecule has 160 valence electrons. The molecule has 4 rings (SSSR count). The molecule has 0 bridgehead atoms. The van der Waals surface area contributed by atoms with Gasteiger partial charge in [0.2, 0.25) is 16.8 Å². The van der Waals surface area contributed by atoms with Crippen molar-refractivity contribution in [2.24, 2.45) is 0 Å². The molecule has 0 spiro atoms. The van der Waals surface area contributed by atoms with Crippen molar-refractivity contribution in [1.82, 2.24) is 15.0 Å². The molecule has 1 atom stereocenters. The van der Waals surface area contributed by atoms with Gasteiger partial charge < -0.3 is 14.8 Å². The topological polar surface area (TPSA) is 107 Å². The molecular formula is C22H21N3O5S. The molecule has 0 fully saturated rings. The van der Waals surface area contributed by atoms with E-state index in [9.17, 15) is 13.2 Å². The van der Waals surface area contributed by atoms with Crippen LogP contribution in [0.25, 0.3) is 0 Å². The molecule has 0 aliphatic carbocycles. The Bertz CT molecular complexity index is 1200. The van der Waals surface area contributed by atoms with Crippen molar-refractivity contribution in [3.8, 4) is 11.5 Å². The molecule has 0 saturated carbocycles. The summed E-state index contributed by atoms with van der Waals surface area (Å²) in [5.74, 6) is 0.841. The molecule has 1 aliphatic heterocycles. The van der Waals surface area contributed by atoms with Crippen LogP contribution in [0.15, 0.2) is 71.9 Å². The highest BCUT2D eigenvalue weighted by atomic mass is 32.2. The van der Waals surface area contributed by atoms with Gasteiger partial charge in [0.05, 0.1) is 10.9 Å².